The topological polar surface area (TPSA) is 59.1 Å². The van der Waals surface area contributed by atoms with Gasteiger partial charge >= 0.3 is 0 Å². The minimum Gasteiger partial charge on any atom is -0.496 e. The standard InChI is InChI=1S/C25H30N2O4S/c1-30-22-11-4-2-9-20(22)24(28)26-13-7-14-27(16-15-26)25(29)21-10-3-5-12-23(21)32-18-19-8-6-17-31-19/h2-5,9-12,19H,6-8,13-18H2,1H3. The molecule has 2 saturated heterocycles. The predicted molar refractivity (Wildman–Crippen MR) is 126 cm³/mol. The molecule has 0 aliphatic carbocycles. The average Bonchev–Trinajstić information content (AvgIpc) is 3.24. The predicted octanol–water partition coefficient (Wildman–Crippen LogP) is 3.95. The van der Waals surface area contributed by atoms with Gasteiger partial charge < -0.3 is 19.3 Å². The van der Waals surface area contributed by atoms with Crippen molar-refractivity contribution in [2.24, 2.45) is 0 Å². The van der Waals surface area contributed by atoms with Crippen LogP contribution in [-0.4, -0.2) is 73.4 Å². The van der Waals surface area contributed by atoms with Crippen molar-refractivity contribution in [3.63, 3.8) is 0 Å². The monoisotopic (exact) mass is 454 g/mol. The van der Waals surface area contributed by atoms with Crippen LogP contribution in [0.5, 0.6) is 5.75 Å². The lowest BCUT2D eigenvalue weighted by Gasteiger charge is -2.23. The first kappa shape index (κ1) is 22.7. The smallest absolute Gasteiger partial charge is 0.257 e. The van der Waals surface area contributed by atoms with Crippen molar-refractivity contribution in [2.75, 3.05) is 45.6 Å². The third-order valence-electron chi connectivity index (χ3n) is 5.97. The Bertz CT molecular complexity index is 945. The first-order chi connectivity index (χ1) is 15.7. The van der Waals surface area contributed by atoms with Gasteiger partial charge in [-0.3, -0.25) is 9.59 Å². The Kier molecular flexibility index (Phi) is 7.71. The second kappa shape index (κ2) is 10.9. The van der Waals surface area contributed by atoms with Crippen molar-refractivity contribution in [1.82, 2.24) is 9.80 Å². The number of carbonyl (C=O) groups excluding carboxylic acids is 2. The third kappa shape index (κ3) is 5.27. The molecule has 7 heteroatoms. The van der Waals surface area contributed by atoms with Gasteiger partial charge in [-0.1, -0.05) is 24.3 Å². The molecule has 2 aliphatic heterocycles. The molecule has 2 aromatic carbocycles. The number of methoxy groups -OCH3 is 1. The van der Waals surface area contributed by atoms with E-state index in [4.69, 9.17) is 9.47 Å². The zero-order valence-electron chi connectivity index (χ0n) is 18.5. The van der Waals surface area contributed by atoms with E-state index in [9.17, 15) is 9.59 Å². The van der Waals surface area contributed by atoms with Crippen LogP contribution in [-0.2, 0) is 4.74 Å². The number of para-hydroxylation sites is 1. The maximum Gasteiger partial charge on any atom is 0.257 e. The number of ether oxygens (including phenoxy) is 2. The summed E-state index contributed by atoms with van der Waals surface area (Å²) in [6.45, 7) is 3.12. The van der Waals surface area contributed by atoms with Crippen LogP contribution >= 0.6 is 11.8 Å². The lowest BCUT2D eigenvalue weighted by molar-refractivity contribution is 0.0715. The summed E-state index contributed by atoms with van der Waals surface area (Å²) in [6, 6.07) is 15.1. The van der Waals surface area contributed by atoms with Crippen molar-refractivity contribution in [3.8, 4) is 5.75 Å². The van der Waals surface area contributed by atoms with Gasteiger partial charge in [0, 0.05) is 43.4 Å². The molecule has 2 aliphatic rings. The Labute approximate surface area is 193 Å². The molecule has 0 radical (unpaired) electrons. The van der Waals surface area contributed by atoms with Crippen LogP contribution in [0.4, 0.5) is 0 Å². The van der Waals surface area contributed by atoms with Crippen molar-refractivity contribution in [1.29, 1.82) is 0 Å². The highest BCUT2D eigenvalue weighted by Gasteiger charge is 2.26. The molecule has 0 N–H and O–H groups in total. The molecule has 2 fully saturated rings. The van der Waals surface area contributed by atoms with E-state index >= 15 is 0 Å². The van der Waals surface area contributed by atoms with E-state index in [0.29, 0.717) is 37.5 Å². The number of amides is 2. The molecule has 6 nitrogen and oxygen atoms in total. The molecule has 4 rings (SSSR count). The average molecular weight is 455 g/mol. The molecule has 1 unspecified atom stereocenters. The zero-order valence-corrected chi connectivity index (χ0v) is 19.3. The van der Waals surface area contributed by atoms with E-state index < -0.39 is 0 Å². The first-order valence-electron chi connectivity index (χ1n) is 11.2. The number of hydrogen-bond donors (Lipinski definition) is 0. The Morgan fingerprint density at radius 1 is 0.938 bits per heavy atom. The van der Waals surface area contributed by atoms with Crippen LogP contribution in [0.25, 0.3) is 0 Å². The molecule has 0 aromatic heterocycles. The Morgan fingerprint density at radius 2 is 1.59 bits per heavy atom. The van der Waals surface area contributed by atoms with E-state index in [0.717, 1.165) is 42.1 Å². The lowest BCUT2D eigenvalue weighted by Crippen LogP contribution is -2.37. The highest BCUT2D eigenvalue weighted by molar-refractivity contribution is 7.99. The summed E-state index contributed by atoms with van der Waals surface area (Å²) in [5.74, 6) is 1.43. The van der Waals surface area contributed by atoms with Crippen LogP contribution < -0.4 is 4.74 Å². The zero-order chi connectivity index (χ0) is 22.3. The summed E-state index contributed by atoms with van der Waals surface area (Å²) < 4.78 is 11.1. The molecule has 0 saturated carbocycles. The molecular weight excluding hydrogens is 424 g/mol. The van der Waals surface area contributed by atoms with Gasteiger partial charge in [-0.25, -0.2) is 0 Å². The third-order valence-corrected chi connectivity index (χ3v) is 7.18. The maximum atomic E-state index is 13.4. The quantitative estimate of drug-likeness (QED) is 0.619. The molecule has 1 atom stereocenters. The van der Waals surface area contributed by atoms with Crippen molar-refractivity contribution >= 4 is 23.6 Å². The van der Waals surface area contributed by atoms with Gasteiger partial charge in [0.2, 0.25) is 0 Å². The minimum absolute atomic E-state index is 0.0343. The van der Waals surface area contributed by atoms with E-state index in [1.165, 1.54) is 0 Å². The van der Waals surface area contributed by atoms with E-state index in [-0.39, 0.29) is 17.9 Å². The maximum absolute atomic E-state index is 13.4. The van der Waals surface area contributed by atoms with Gasteiger partial charge in [-0.2, -0.15) is 0 Å². The van der Waals surface area contributed by atoms with E-state index in [1.807, 2.05) is 46.2 Å². The fourth-order valence-electron chi connectivity index (χ4n) is 4.21. The second-order valence-corrected chi connectivity index (χ2v) is 9.14. The van der Waals surface area contributed by atoms with Crippen LogP contribution in [0.3, 0.4) is 0 Å². The highest BCUT2D eigenvalue weighted by atomic mass is 32.2. The Balaban J connectivity index is 1.41. The fraction of sp³-hybridized carbons (Fsp3) is 0.440. The number of thioether (sulfide) groups is 1. The summed E-state index contributed by atoms with van der Waals surface area (Å²) in [5.41, 5.74) is 1.30. The second-order valence-electron chi connectivity index (χ2n) is 8.08. The first-order valence-corrected chi connectivity index (χ1v) is 12.2. The molecule has 170 valence electrons. The number of hydrogen-bond acceptors (Lipinski definition) is 5. The van der Waals surface area contributed by atoms with Crippen LogP contribution in [0.2, 0.25) is 0 Å². The van der Waals surface area contributed by atoms with Gasteiger partial charge in [0.05, 0.1) is 24.3 Å². The summed E-state index contributed by atoms with van der Waals surface area (Å²) in [6.07, 6.45) is 3.23. The summed E-state index contributed by atoms with van der Waals surface area (Å²) >= 11 is 1.70. The number of nitrogens with zero attached hydrogens (tertiary/aromatic N) is 2. The van der Waals surface area contributed by atoms with Crippen LogP contribution in [0.1, 0.15) is 40.0 Å². The molecule has 2 amide bonds. The van der Waals surface area contributed by atoms with Crippen LogP contribution in [0.15, 0.2) is 53.4 Å². The Hall–Kier alpha value is -2.51. The fourth-order valence-corrected chi connectivity index (χ4v) is 5.33. The van der Waals surface area contributed by atoms with Gasteiger partial charge in [0.1, 0.15) is 5.75 Å². The summed E-state index contributed by atoms with van der Waals surface area (Å²) in [7, 11) is 1.57. The van der Waals surface area contributed by atoms with Gasteiger partial charge in [-0.15, -0.1) is 11.8 Å². The minimum atomic E-state index is -0.0516. The van der Waals surface area contributed by atoms with Gasteiger partial charge in [0.25, 0.3) is 11.8 Å². The van der Waals surface area contributed by atoms with Crippen molar-refractivity contribution in [2.45, 2.75) is 30.3 Å². The highest BCUT2D eigenvalue weighted by Crippen LogP contribution is 2.28. The van der Waals surface area contributed by atoms with Crippen molar-refractivity contribution < 1.29 is 19.1 Å². The van der Waals surface area contributed by atoms with E-state index in [2.05, 4.69) is 0 Å². The van der Waals surface area contributed by atoms with Crippen LogP contribution in [0, 0.1) is 0 Å². The summed E-state index contributed by atoms with van der Waals surface area (Å²) in [4.78, 5) is 31.1. The SMILES string of the molecule is COc1ccccc1C(=O)N1CCCN(C(=O)c2ccccc2SCC2CCCO2)CC1. The number of benzene rings is 2. The summed E-state index contributed by atoms with van der Waals surface area (Å²) in [5, 5.41) is 0. The normalized spacial score (nSPS) is 19.0. The molecule has 0 bridgehead atoms. The number of carbonyl (C=O) groups is 2. The molecule has 2 aromatic rings. The molecule has 2 heterocycles. The number of rotatable bonds is 6. The van der Waals surface area contributed by atoms with E-state index in [1.54, 1.807) is 31.0 Å². The lowest BCUT2D eigenvalue weighted by atomic mass is 10.1. The van der Waals surface area contributed by atoms with Crippen molar-refractivity contribution in [3.05, 3.63) is 59.7 Å². The molecule has 0 spiro atoms. The van der Waals surface area contributed by atoms with Gasteiger partial charge in [-0.05, 0) is 43.5 Å². The Morgan fingerprint density at radius 3 is 2.28 bits per heavy atom. The molecular formula is C25H30N2O4S. The molecule has 32 heavy (non-hydrogen) atoms. The van der Waals surface area contributed by atoms with Gasteiger partial charge in [0.15, 0.2) is 0 Å². The largest absolute Gasteiger partial charge is 0.496 e.